The molecular formula is C20H27N3O3S. The molecule has 3 aliphatic rings. The summed E-state index contributed by atoms with van der Waals surface area (Å²) < 4.78 is 0. The van der Waals surface area contributed by atoms with Gasteiger partial charge in [0.25, 0.3) is 5.91 Å². The van der Waals surface area contributed by atoms with E-state index < -0.39 is 0 Å². The Morgan fingerprint density at radius 3 is 2.48 bits per heavy atom. The van der Waals surface area contributed by atoms with E-state index in [2.05, 4.69) is 0 Å². The molecule has 1 aromatic heterocycles. The number of hydrogen-bond acceptors (Lipinski definition) is 4. The number of carbonyl (C=O) groups excluding carboxylic acids is 3. The van der Waals surface area contributed by atoms with E-state index in [1.165, 1.54) is 16.2 Å². The van der Waals surface area contributed by atoms with Gasteiger partial charge in [0.05, 0.1) is 11.4 Å². The lowest BCUT2D eigenvalue weighted by atomic mass is 9.90. The third-order valence-corrected chi connectivity index (χ3v) is 7.33. The minimum atomic E-state index is -0.106. The van der Waals surface area contributed by atoms with Crippen LogP contribution in [-0.2, 0) is 9.59 Å². The van der Waals surface area contributed by atoms with Gasteiger partial charge in [0.2, 0.25) is 11.8 Å². The summed E-state index contributed by atoms with van der Waals surface area (Å²) in [6, 6.07) is 3.62. The summed E-state index contributed by atoms with van der Waals surface area (Å²) in [6.45, 7) is 3.34. The molecule has 3 amide bonds. The molecule has 6 nitrogen and oxygen atoms in total. The van der Waals surface area contributed by atoms with E-state index >= 15 is 0 Å². The summed E-state index contributed by atoms with van der Waals surface area (Å²) in [7, 11) is 1.68. The summed E-state index contributed by atoms with van der Waals surface area (Å²) in [6.07, 6.45) is 5.06. The van der Waals surface area contributed by atoms with Crippen LogP contribution in [-0.4, -0.2) is 72.2 Å². The van der Waals surface area contributed by atoms with Gasteiger partial charge in [0.15, 0.2) is 0 Å². The molecule has 7 heteroatoms. The molecule has 0 radical (unpaired) electrons. The van der Waals surface area contributed by atoms with Crippen molar-refractivity contribution in [1.82, 2.24) is 14.7 Å². The highest BCUT2D eigenvalue weighted by Crippen LogP contribution is 2.60. The smallest absolute Gasteiger partial charge is 0.264 e. The van der Waals surface area contributed by atoms with Crippen LogP contribution in [0.1, 0.15) is 41.8 Å². The molecule has 27 heavy (non-hydrogen) atoms. The van der Waals surface area contributed by atoms with Crippen LogP contribution in [0.15, 0.2) is 17.5 Å². The predicted octanol–water partition coefficient (Wildman–Crippen LogP) is 2.07. The lowest BCUT2D eigenvalue weighted by molar-refractivity contribution is -0.134. The zero-order valence-corrected chi connectivity index (χ0v) is 16.7. The Morgan fingerprint density at radius 1 is 1.15 bits per heavy atom. The lowest BCUT2D eigenvalue weighted by Gasteiger charge is -2.34. The second kappa shape index (κ2) is 7.26. The van der Waals surface area contributed by atoms with E-state index in [1.54, 1.807) is 13.1 Å². The molecule has 4 rings (SSSR count). The van der Waals surface area contributed by atoms with Crippen molar-refractivity contribution < 1.29 is 14.4 Å². The first-order valence-electron chi connectivity index (χ1n) is 9.86. The monoisotopic (exact) mass is 389 g/mol. The summed E-state index contributed by atoms with van der Waals surface area (Å²) in [5.41, 5.74) is 0.134. The molecule has 146 valence electrons. The Kier molecular flexibility index (Phi) is 4.97. The number of amides is 3. The second-order valence-electron chi connectivity index (χ2n) is 8.17. The Labute approximate surface area is 164 Å². The van der Waals surface area contributed by atoms with E-state index in [1.807, 2.05) is 21.2 Å². The van der Waals surface area contributed by atoms with Crippen molar-refractivity contribution in [1.29, 1.82) is 0 Å². The van der Waals surface area contributed by atoms with Gasteiger partial charge in [0, 0.05) is 39.1 Å². The van der Waals surface area contributed by atoms with E-state index in [4.69, 9.17) is 0 Å². The molecule has 1 spiro atoms. The standard InChI is InChI=1S/C20H27N3O3S/c1-21(19(26)16-5-4-12-27-16)14-17(24)22-10-6-20(7-11-22)13-15(20)18(25)23-8-2-3-9-23/h4-5,12,15H,2-3,6-11,13-14H2,1H3/t15-/m1/s1. The van der Waals surface area contributed by atoms with Crippen LogP contribution in [0.3, 0.4) is 0 Å². The van der Waals surface area contributed by atoms with Gasteiger partial charge in [-0.15, -0.1) is 11.3 Å². The molecule has 0 aromatic carbocycles. The van der Waals surface area contributed by atoms with Crippen molar-refractivity contribution in [2.45, 2.75) is 32.1 Å². The number of piperidine rings is 1. The Bertz CT molecular complexity index is 719. The quantitative estimate of drug-likeness (QED) is 0.792. The van der Waals surface area contributed by atoms with Gasteiger partial charge in [0.1, 0.15) is 0 Å². The van der Waals surface area contributed by atoms with E-state index in [-0.39, 0.29) is 29.7 Å². The average Bonchev–Trinajstić information content (AvgIpc) is 3.13. The summed E-state index contributed by atoms with van der Waals surface area (Å²) in [5, 5.41) is 1.86. The first-order valence-corrected chi connectivity index (χ1v) is 10.7. The highest BCUT2D eigenvalue weighted by atomic mass is 32.1. The SMILES string of the molecule is CN(CC(=O)N1CCC2(CC1)C[C@@H]2C(=O)N1CCCC1)C(=O)c1cccs1. The molecule has 3 heterocycles. The number of hydrogen-bond donors (Lipinski definition) is 0. The fraction of sp³-hybridized carbons (Fsp3) is 0.650. The van der Waals surface area contributed by atoms with E-state index in [0.29, 0.717) is 23.9 Å². The maximum atomic E-state index is 12.6. The third kappa shape index (κ3) is 3.61. The number of likely N-dealkylation sites (N-methyl/N-ethyl adjacent to an activating group) is 1. The topological polar surface area (TPSA) is 60.9 Å². The lowest BCUT2D eigenvalue weighted by Crippen LogP contribution is -2.45. The highest BCUT2D eigenvalue weighted by molar-refractivity contribution is 7.12. The van der Waals surface area contributed by atoms with E-state index in [9.17, 15) is 14.4 Å². The van der Waals surface area contributed by atoms with Gasteiger partial charge >= 0.3 is 0 Å². The molecule has 1 saturated carbocycles. The van der Waals surface area contributed by atoms with Crippen LogP contribution in [0.5, 0.6) is 0 Å². The molecule has 0 bridgehead atoms. The summed E-state index contributed by atoms with van der Waals surface area (Å²) in [5.74, 6) is 0.412. The molecule has 3 fully saturated rings. The van der Waals surface area contributed by atoms with Gasteiger partial charge in [-0.2, -0.15) is 0 Å². The molecular weight excluding hydrogens is 362 g/mol. The van der Waals surface area contributed by atoms with Crippen LogP contribution in [0, 0.1) is 11.3 Å². The zero-order valence-electron chi connectivity index (χ0n) is 15.9. The Balaban J connectivity index is 1.26. The maximum absolute atomic E-state index is 12.6. The zero-order chi connectivity index (χ0) is 19.0. The largest absolute Gasteiger partial charge is 0.342 e. The van der Waals surface area contributed by atoms with Crippen LogP contribution in [0.4, 0.5) is 0 Å². The molecule has 2 aliphatic heterocycles. The third-order valence-electron chi connectivity index (χ3n) is 6.47. The fourth-order valence-corrected chi connectivity index (χ4v) is 5.29. The predicted molar refractivity (Wildman–Crippen MR) is 103 cm³/mol. The van der Waals surface area contributed by atoms with Crippen LogP contribution in [0.2, 0.25) is 0 Å². The molecule has 0 unspecified atom stereocenters. The average molecular weight is 390 g/mol. The maximum Gasteiger partial charge on any atom is 0.264 e. The number of thiophene rings is 1. The van der Waals surface area contributed by atoms with Crippen LogP contribution < -0.4 is 0 Å². The van der Waals surface area contributed by atoms with Gasteiger partial charge in [-0.1, -0.05) is 6.07 Å². The van der Waals surface area contributed by atoms with Crippen LogP contribution in [0.25, 0.3) is 0 Å². The van der Waals surface area contributed by atoms with Gasteiger partial charge in [-0.3, -0.25) is 14.4 Å². The summed E-state index contributed by atoms with van der Waals surface area (Å²) in [4.78, 5) is 43.6. The Morgan fingerprint density at radius 2 is 1.85 bits per heavy atom. The second-order valence-corrected chi connectivity index (χ2v) is 9.12. The minimum absolute atomic E-state index is 0.000301. The van der Waals surface area contributed by atoms with Crippen LogP contribution >= 0.6 is 11.3 Å². The van der Waals surface area contributed by atoms with E-state index in [0.717, 1.165) is 45.2 Å². The number of rotatable bonds is 4. The van der Waals surface area contributed by atoms with Gasteiger partial charge in [-0.05, 0) is 49.0 Å². The van der Waals surface area contributed by atoms with Crippen molar-refractivity contribution in [2.24, 2.45) is 11.3 Å². The van der Waals surface area contributed by atoms with Crippen molar-refractivity contribution in [3.8, 4) is 0 Å². The molecule has 2 saturated heterocycles. The molecule has 1 aromatic rings. The first-order chi connectivity index (χ1) is 13.0. The van der Waals surface area contributed by atoms with Gasteiger partial charge in [-0.25, -0.2) is 0 Å². The highest BCUT2D eigenvalue weighted by Gasteiger charge is 2.59. The van der Waals surface area contributed by atoms with Crippen molar-refractivity contribution in [2.75, 3.05) is 39.8 Å². The first kappa shape index (κ1) is 18.5. The fourth-order valence-electron chi connectivity index (χ4n) is 4.57. The van der Waals surface area contributed by atoms with Crippen molar-refractivity contribution >= 4 is 29.1 Å². The molecule has 1 aliphatic carbocycles. The molecule has 1 atom stereocenters. The Hall–Kier alpha value is -1.89. The number of nitrogens with zero attached hydrogens (tertiary/aromatic N) is 3. The summed E-state index contributed by atoms with van der Waals surface area (Å²) >= 11 is 1.39. The minimum Gasteiger partial charge on any atom is -0.342 e. The molecule has 0 N–H and O–H groups in total. The number of likely N-dealkylation sites (tertiary alicyclic amines) is 2. The number of carbonyl (C=O) groups is 3. The van der Waals surface area contributed by atoms with Crippen molar-refractivity contribution in [3.63, 3.8) is 0 Å². The van der Waals surface area contributed by atoms with Crippen molar-refractivity contribution in [3.05, 3.63) is 22.4 Å². The van der Waals surface area contributed by atoms with Gasteiger partial charge < -0.3 is 14.7 Å². The normalized spacial score (nSPS) is 23.5.